The Labute approximate surface area is 140 Å². The molecule has 3 atom stereocenters. The van der Waals surface area contributed by atoms with Crippen LogP contribution in [0.4, 0.5) is 5.82 Å². The summed E-state index contributed by atoms with van der Waals surface area (Å²) < 4.78 is 11.8. The highest BCUT2D eigenvalue weighted by Crippen LogP contribution is 2.19. The molecule has 8 heteroatoms. The quantitative estimate of drug-likeness (QED) is 0.739. The Kier molecular flexibility index (Phi) is 6.89. The Balaban J connectivity index is 2.01. The van der Waals surface area contributed by atoms with Crippen LogP contribution >= 0.6 is 0 Å². The Morgan fingerprint density at radius 2 is 2.33 bits per heavy atom. The highest BCUT2D eigenvalue weighted by Gasteiger charge is 2.27. The average Bonchev–Trinajstić information content (AvgIpc) is 3.04. The van der Waals surface area contributed by atoms with E-state index in [0.29, 0.717) is 0 Å². The molecule has 2 heterocycles. The van der Waals surface area contributed by atoms with E-state index in [-0.39, 0.29) is 30.9 Å². The summed E-state index contributed by atoms with van der Waals surface area (Å²) >= 11 is 0. The van der Waals surface area contributed by atoms with E-state index in [0.717, 1.165) is 25.7 Å². The molecule has 1 fully saturated rings. The topological polar surface area (TPSA) is 103 Å². The smallest absolute Gasteiger partial charge is 0.351 e. The predicted octanol–water partition coefficient (Wildman–Crippen LogP) is 1.26. The van der Waals surface area contributed by atoms with Gasteiger partial charge in [-0.1, -0.05) is 26.7 Å². The van der Waals surface area contributed by atoms with Gasteiger partial charge in [0.2, 0.25) is 5.91 Å². The predicted molar refractivity (Wildman–Crippen MR) is 87.4 cm³/mol. The third-order valence-corrected chi connectivity index (χ3v) is 4.04. The number of carbonyl (C=O) groups is 1. The Morgan fingerprint density at radius 1 is 1.54 bits per heavy atom. The standard InChI is InChI=1S/C16H25N3O5/c1-3-5-6-11(4-2)15(21)17-12-7-8-19(16(22)18-12)13-10-23-14(9-20)24-13/h7-8,11,13-14,20H,3-6,9-10H2,1-2H3,(H,17,18,21,22). The van der Waals surface area contributed by atoms with Crippen LogP contribution in [0.1, 0.15) is 45.8 Å². The third-order valence-electron chi connectivity index (χ3n) is 4.04. The van der Waals surface area contributed by atoms with Gasteiger partial charge in [0.15, 0.2) is 12.5 Å². The molecule has 24 heavy (non-hydrogen) atoms. The molecule has 0 bridgehead atoms. The van der Waals surface area contributed by atoms with Crippen molar-refractivity contribution in [3.05, 3.63) is 22.7 Å². The molecule has 2 rings (SSSR count). The van der Waals surface area contributed by atoms with E-state index in [1.807, 2.05) is 6.92 Å². The number of aliphatic hydroxyl groups is 1. The normalized spacial score (nSPS) is 21.6. The first-order valence-corrected chi connectivity index (χ1v) is 8.37. The minimum absolute atomic E-state index is 0.0777. The van der Waals surface area contributed by atoms with Gasteiger partial charge in [0, 0.05) is 12.1 Å². The summed E-state index contributed by atoms with van der Waals surface area (Å²) in [7, 11) is 0. The highest BCUT2D eigenvalue weighted by molar-refractivity contribution is 5.91. The third kappa shape index (κ3) is 4.62. The lowest BCUT2D eigenvalue weighted by molar-refractivity contribution is -0.120. The van der Waals surface area contributed by atoms with Crippen LogP contribution in [-0.4, -0.2) is 40.1 Å². The van der Waals surface area contributed by atoms with Crippen LogP contribution in [0.3, 0.4) is 0 Å². The minimum Gasteiger partial charge on any atom is -0.391 e. The number of hydrogen-bond acceptors (Lipinski definition) is 6. The molecule has 134 valence electrons. The lowest BCUT2D eigenvalue weighted by atomic mass is 9.98. The first kappa shape index (κ1) is 18.6. The molecule has 8 nitrogen and oxygen atoms in total. The molecule has 1 aromatic heterocycles. The number of amides is 1. The monoisotopic (exact) mass is 339 g/mol. The van der Waals surface area contributed by atoms with E-state index in [1.54, 1.807) is 6.07 Å². The summed E-state index contributed by atoms with van der Waals surface area (Å²) in [5, 5.41) is 11.7. The van der Waals surface area contributed by atoms with Gasteiger partial charge in [-0.3, -0.25) is 9.36 Å². The number of anilines is 1. The van der Waals surface area contributed by atoms with Crippen LogP contribution in [0.15, 0.2) is 17.1 Å². The van der Waals surface area contributed by atoms with Gasteiger partial charge in [0.05, 0.1) is 13.2 Å². The molecule has 1 aliphatic heterocycles. The number of nitrogens with one attached hydrogen (secondary N) is 1. The van der Waals surface area contributed by atoms with E-state index < -0.39 is 18.2 Å². The molecule has 1 aliphatic rings. The van der Waals surface area contributed by atoms with Crippen molar-refractivity contribution in [1.29, 1.82) is 0 Å². The maximum absolute atomic E-state index is 12.3. The lowest BCUT2D eigenvalue weighted by Crippen LogP contribution is -2.30. The van der Waals surface area contributed by atoms with Crippen LogP contribution in [-0.2, 0) is 14.3 Å². The van der Waals surface area contributed by atoms with Gasteiger partial charge in [0.25, 0.3) is 0 Å². The van der Waals surface area contributed by atoms with Gasteiger partial charge < -0.3 is 19.9 Å². The van der Waals surface area contributed by atoms with Crippen LogP contribution in [0.5, 0.6) is 0 Å². The van der Waals surface area contributed by atoms with E-state index >= 15 is 0 Å². The molecule has 1 amide bonds. The molecule has 1 aromatic rings. The molecule has 1 saturated heterocycles. The Morgan fingerprint density at radius 3 is 2.92 bits per heavy atom. The van der Waals surface area contributed by atoms with Crippen molar-refractivity contribution in [2.45, 2.75) is 52.0 Å². The van der Waals surface area contributed by atoms with Crippen LogP contribution in [0.2, 0.25) is 0 Å². The number of unbranched alkanes of at least 4 members (excludes halogenated alkanes) is 1. The molecule has 0 radical (unpaired) electrons. The largest absolute Gasteiger partial charge is 0.391 e. The van der Waals surface area contributed by atoms with Gasteiger partial charge in [-0.25, -0.2) is 4.79 Å². The highest BCUT2D eigenvalue weighted by atomic mass is 16.7. The number of nitrogens with zero attached hydrogens (tertiary/aromatic N) is 2. The van der Waals surface area contributed by atoms with Gasteiger partial charge in [-0.05, 0) is 18.9 Å². The molecule has 0 spiro atoms. The number of carbonyl (C=O) groups excluding carboxylic acids is 1. The van der Waals surface area contributed by atoms with E-state index in [1.165, 1.54) is 10.8 Å². The van der Waals surface area contributed by atoms with Crippen molar-refractivity contribution in [3.63, 3.8) is 0 Å². The molecule has 0 saturated carbocycles. The molecular formula is C16H25N3O5. The van der Waals surface area contributed by atoms with Gasteiger partial charge in [0.1, 0.15) is 5.82 Å². The van der Waals surface area contributed by atoms with Crippen molar-refractivity contribution in [2.24, 2.45) is 5.92 Å². The van der Waals surface area contributed by atoms with Crippen LogP contribution in [0, 0.1) is 5.92 Å². The van der Waals surface area contributed by atoms with Gasteiger partial charge >= 0.3 is 5.69 Å². The SMILES string of the molecule is CCCCC(CC)C(=O)Nc1ccn(C2COC(CO)O2)c(=O)n1. The van der Waals surface area contributed by atoms with Crippen molar-refractivity contribution in [2.75, 3.05) is 18.5 Å². The molecular weight excluding hydrogens is 314 g/mol. The lowest BCUT2D eigenvalue weighted by Gasteiger charge is -2.15. The number of rotatable bonds is 8. The molecule has 3 unspecified atom stereocenters. The first-order valence-electron chi connectivity index (χ1n) is 8.37. The fourth-order valence-corrected chi connectivity index (χ4v) is 2.59. The van der Waals surface area contributed by atoms with Crippen molar-refractivity contribution in [1.82, 2.24) is 9.55 Å². The maximum Gasteiger partial charge on any atom is 0.351 e. The van der Waals surface area contributed by atoms with E-state index in [2.05, 4.69) is 17.2 Å². The Bertz CT molecular complexity index is 604. The van der Waals surface area contributed by atoms with Gasteiger partial charge in [-0.2, -0.15) is 4.98 Å². The number of aliphatic hydroxyl groups excluding tert-OH is 1. The zero-order valence-electron chi connectivity index (χ0n) is 14.1. The van der Waals surface area contributed by atoms with E-state index in [9.17, 15) is 9.59 Å². The number of ether oxygens (including phenoxy) is 2. The average molecular weight is 339 g/mol. The summed E-state index contributed by atoms with van der Waals surface area (Å²) in [6.07, 6.45) is 3.75. The van der Waals surface area contributed by atoms with Crippen LogP contribution < -0.4 is 11.0 Å². The first-order chi connectivity index (χ1) is 11.6. The summed E-state index contributed by atoms with van der Waals surface area (Å²) in [6.45, 7) is 3.94. The van der Waals surface area contributed by atoms with Crippen molar-refractivity contribution >= 4 is 11.7 Å². The second-order valence-electron chi connectivity index (χ2n) is 5.78. The van der Waals surface area contributed by atoms with Crippen LogP contribution in [0.25, 0.3) is 0 Å². The fourth-order valence-electron chi connectivity index (χ4n) is 2.59. The van der Waals surface area contributed by atoms with E-state index in [4.69, 9.17) is 14.6 Å². The van der Waals surface area contributed by atoms with Crippen molar-refractivity contribution in [3.8, 4) is 0 Å². The summed E-state index contributed by atoms with van der Waals surface area (Å²) in [5.41, 5.74) is -0.540. The van der Waals surface area contributed by atoms with Crippen molar-refractivity contribution < 1.29 is 19.4 Å². The summed E-state index contributed by atoms with van der Waals surface area (Å²) in [6, 6.07) is 1.56. The maximum atomic E-state index is 12.3. The fraction of sp³-hybridized carbons (Fsp3) is 0.688. The molecule has 2 N–H and O–H groups in total. The molecule has 0 aliphatic carbocycles. The van der Waals surface area contributed by atoms with Gasteiger partial charge in [-0.15, -0.1) is 0 Å². The number of hydrogen-bond donors (Lipinski definition) is 2. The summed E-state index contributed by atoms with van der Waals surface area (Å²) in [4.78, 5) is 28.3. The summed E-state index contributed by atoms with van der Waals surface area (Å²) in [5.74, 6) is 0.0382. The Hall–Kier alpha value is -1.77. The second kappa shape index (κ2) is 8.91. The molecule has 0 aromatic carbocycles. The zero-order valence-corrected chi connectivity index (χ0v) is 14.1. The second-order valence-corrected chi connectivity index (χ2v) is 5.78. The minimum atomic E-state index is -0.731. The zero-order chi connectivity index (χ0) is 17.5. The number of aromatic nitrogens is 2.